The third-order valence-corrected chi connectivity index (χ3v) is 3.75. The summed E-state index contributed by atoms with van der Waals surface area (Å²) in [7, 11) is 0. The first-order valence-electron chi connectivity index (χ1n) is 7.11. The van der Waals surface area contributed by atoms with Crippen molar-refractivity contribution >= 4 is 5.91 Å². The molecule has 0 saturated heterocycles. The van der Waals surface area contributed by atoms with Gasteiger partial charge in [0.2, 0.25) is 0 Å². The highest BCUT2D eigenvalue weighted by atomic mass is 16.1. The summed E-state index contributed by atoms with van der Waals surface area (Å²) in [6.07, 6.45) is 7.25. The van der Waals surface area contributed by atoms with Gasteiger partial charge in [0.15, 0.2) is 0 Å². The number of nitrogens with one attached hydrogen (secondary N) is 1. The van der Waals surface area contributed by atoms with Crippen LogP contribution in [-0.2, 0) is 19.4 Å². The van der Waals surface area contributed by atoms with Crippen molar-refractivity contribution in [2.75, 3.05) is 6.54 Å². The molecule has 4 heteroatoms. The lowest BCUT2D eigenvalue weighted by atomic mass is 10.1. The van der Waals surface area contributed by atoms with E-state index in [1.54, 1.807) is 0 Å². The van der Waals surface area contributed by atoms with E-state index in [9.17, 15) is 4.79 Å². The zero-order valence-electron chi connectivity index (χ0n) is 11.7. The molecule has 0 unspecified atom stereocenters. The molecule has 0 radical (unpaired) electrons. The highest BCUT2D eigenvalue weighted by Crippen LogP contribution is 2.22. The molecule has 1 heterocycles. The molecule has 0 bridgehead atoms. The Bertz CT molecular complexity index is 630. The fraction of sp³-hybridized carbons (Fsp3) is 0.375. The fourth-order valence-corrected chi connectivity index (χ4v) is 2.69. The van der Waals surface area contributed by atoms with E-state index in [2.05, 4.69) is 16.5 Å². The van der Waals surface area contributed by atoms with E-state index < -0.39 is 0 Å². The van der Waals surface area contributed by atoms with Gasteiger partial charge in [0, 0.05) is 18.3 Å². The van der Waals surface area contributed by atoms with Crippen LogP contribution >= 0.6 is 0 Å². The van der Waals surface area contributed by atoms with Crippen molar-refractivity contribution in [2.45, 2.75) is 32.7 Å². The lowest BCUT2D eigenvalue weighted by Crippen LogP contribution is -2.27. The summed E-state index contributed by atoms with van der Waals surface area (Å²) >= 11 is 0. The van der Waals surface area contributed by atoms with Crippen molar-refractivity contribution in [1.82, 2.24) is 15.1 Å². The van der Waals surface area contributed by atoms with Crippen molar-refractivity contribution in [3.05, 3.63) is 52.8 Å². The van der Waals surface area contributed by atoms with Gasteiger partial charge in [-0.15, -0.1) is 0 Å². The van der Waals surface area contributed by atoms with E-state index in [0.29, 0.717) is 13.1 Å². The second-order valence-corrected chi connectivity index (χ2v) is 5.37. The first-order chi connectivity index (χ1) is 9.72. The highest BCUT2D eigenvalue weighted by Gasteiger charge is 2.13. The maximum absolute atomic E-state index is 12.1. The van der Waals surface area contributed by atoms with Gasteiger partial charge in [-0.25, -0.2) is 0 Å². The Hall–Kier alpha value is -2.10. The summed E-state index contributed by atoms with van der Waals surface area (Å²) < 4.78 is 1.85. The smallest absolute Gasteiger partial charge is 0.251 e. The lowest BCUT2D eigenvalue weighted by Gasteiger charge is -2.07. The minimum Gasteiger partial charge on any atom is -0.350 e. The minimum absolute atomic E-state index is 0.00331. The van der Waals surface area contributed by atoms with E-state index in [1.165, 1.54) is 17.5 Å². The van der Waals surface area contributed by atoms with Crippen molar-refractivity contribution in [3.63, 3.8) is 0 Å². The molecule has 4 nitrogen and oxygen atoms in total. The number of carbonyl (C=O) groups excluding carboxylic acids is 1. The van der Waals surface area contributed by atoms with E-state index in [4.69, 9.17) is 0 Å². The van der Waals surface area contributed by atoms with Crippen LogP contribution in [0.1, 0.15) is 33.5 Å². The second-order valence-electron chi connectivity index (χ2n) is 5.37. The van der Waals surface area contributed by atoms with Gasteiger partial charge in [0.25, 0.3) is 5.91 Å². The summed E-state index contributed by atoms with van der Waals surface area (Å²) in [4.78, 5) is 12.1. The third-order valence-electron chi connectivity index (χ3n) is 3.75. The summed E-state index contributed by atoms with van der Waals surface area (Å²) in [5.74, 6) is 0.00331. The molecule has 1 aliphatic carbocycles. The number of carbonyl (C=O) groups is 1. The molecule has 104 valence electrons. The van der Waals surface area contributed by atoms with Crippen LogP contribution < -0.4 is 5.32 Å². The van der Waals surface area contributed by atoms with Crippen LogP contribution in [0, 0.1) is 6.92 Å². The molecule has 1 aromatic carbocycles. The van der Waals surface area contributed by atoms with Gasteiger partial charge in [-0.1, -0.05) is 6.07 Å². The van der Waals surface area contributed by atoms with Crippen LogP contribution in [-0.4, -0.2) is 22.2 Å². The van der Waals surface area contributed by atoms with Gasteiger partial charge in [0.05, 0.1) is 12.7 Å². The van der Waals surface area contributed by atoms with Gasteiger partial charge in [-0.2, -0.15) is 5.10 Å². The van der Waals surface area contributed by atoms with Crippen LogP contribution in [0.4, 0.5) is 0 Å². The summed E-state index contributed by atoms with van der Waals surface area (Å²) in [5.41, 5.74) is 4.63. The molecule has 0 atom stereocenters. The summed E-state index contributed by atoms with van der Waals surface area (Å²) in [6.45, 7) is 3.30. The zero-order valence-corrected chi connectivity index (χ0v) is 11.7. The van der Waals surface area contributed by atoms with E-state index in [0.717, 1.165) is 24.0 Å². The van der Waals surface area contributed by atoms with Gasteiger partial charge in [-0.3, -0.25) is 9.48 Å². The molecular weight excluding hydrogens is 250 g/mol. The number of benzene rings is 1. The predicted octanol–water partition coefficient (Wildman–Crippen LogP) is 2.11. The Kier molecular flexibility index (Phi) is 3.54. The van der Waals surface area contributed by atoms with E-state index in [-0.39, 0.29) is 5.91 Å². The van der Waals surface area contributed by atoms with Crippen LogP contribution in [0.15, 0.2) is 30.6 Å². The molecule has 1 aromatic heterocycles. The molecule has 20 heavy (non-hydrogen) atoms. The Balaban J connectivity index is 1.56. The summed E-state index contributed by atoms with van der Waals surface area (Å²) in [5, 5.41) is 7.15. The fourth-order valence-electron chi connectivity index (χ4n) is 2.69. The van der Waals surface area contributed by atoms with Crippen LogP contribution in [0.3, 0.4) is 0 Å². The first-order valence-corrected chi connectivity index (χ1v) is 7.11. The van der Waals surface area contributed by atoms with Crippen LogP contribution in [0.25, 0.3) is 0 Å². The molecule has 0 saturated carbocycles. The number of hydrogen-bond acceptors (Lipinski definition) is 2. The highest BCUT2D eigenvalue weighted by molar-refractivity contribution is 5.94. The van der Waals surface area contributed by atoms with Crippen molar-refractivity contribution < 1.29 is 4.79 Å². The minimum atomic E-state index is 0.00331. The molecule has 2 aromatic rings. The van der Waals surface area contributed by atoms with E-state index in [1.807, 2.05) is 36.1 Å². The zero-order chi connectivity index (χ0) is 13.9. The quantitative estimate of drug-likeness (QED) is 0.924. The van der Waals surface area contributed by atoms with Crippen molar-refractivity contribution in [2.24, 2.45) is 0 Å². The van der Waals surface area contributed by atoms with Crippen LogP contribution in [0.5, 0.6) is 0 Å². The largest absolute Gasteiger partial charge is 0.350 e. The molecule has 1 amide bonds. The van der Waals surface area contributed by atoms with E-state index >= 15 is 0 Å². The Morgan fingerprint density at radius 2 is 2.20 bits per heavy atom. The second kappa shape index (κ2) is 5.49. The maximum Gasteiger partial charge on any atom is 0.251 e. The number of aromatic nitrogens is 2. The molecule has 0 spiro atoms. The normalized spacial score (nSPS) is 13.2. The Morgan fingerprint density at radius 1 is 1.35 bits per heavy atom. The Morgan fingerprint density at radius 3 is 3.00 bits per heavy atom. The maximum atomic E-state index is 12.1. The SMILES string of the molecule is Cc1cnn(CCNC(=O)c2ccc3c(c2)CCC3)c1. The van der Waals surface area contributed by atoms with Gasteiger partial charge in [-0.05, 0) is 55.0 Å². The van der Waals surface area contributed by atoms with Crippen molar-refractivity contribution in [3.8, 4) is 0 Å². The molecule has 3 rings (SSSR count). The standard InChI is InChI=1S/C16H19N3O/c1-12-10-18-19(11-12)8-7-17-16(20)15-6-5-13-3-2-4-14(13)9-15/h5-6,9-11H,2-4,7-8H2,1H3,(H,17,20). The average molecular weight is 269 g/mol. The Labute approximate surface area is 118 Å². The molecular formula is C16H19N3O. The number of nitrogens with zero attached hydrogens (tertiary/aromatic N) is 2. The van der Waals surface area contributed by atoms with Crippen LogP contribution in [0.2, 0.25) is 0 Å². The number of hydrogen-bond donors (Lipinski definition) is 1. The van der Waals surface area contributed by atoms with Gasteiger partial charge in [0.1, 0.15) is 0 Å². The molecule has 0 fully saturated rings. The molecule has 1 aliphatic rings. The number of fused-ring (bicyclic) bond motifs is 1. The lowest BCUT2D eigenvalue weighted by molar-refractivity contribution is 0.0952. The first kappa shape index (κ1) is 12.9. The predicted molar refractivity (Wildman–Crippen MR) is 77.8 cm³/mol. The molecule has 1 N–H and O–H groups in total. The average Bonchev–Trinajstić information content (AvgIpc) is 3.06. The molecule has 0 aliphatic heterocycles. The number of amides is 1. The topological polar surface area (TPSA) is 46.9 Å². The number of aryl methyl sites for hydroxylation is 3. The third kappa shape index (κ3) is 2.74. The monoisotopic (exact) mass is 269 g/mol. The van der Waals surface area contributed by atoms with Crippen molar-refractivity contribution in [1.29, 1.82) is 0 Å². The van der Waals surface area contributed by atoms with Gasteiger partial charge < -0.3 is 5.32 Å². The van der Waals surface area contributed by atoms with Gasteiger partial charge >= 0.3 is 0 Å². The number of rotatable bonds is 4. The summed E-state index contributed by atoms with van der Waals surface area (Å²) in [6, 6.07) is 6.06.